The standard InChI is InChI=1S/C13H16F3NO3/c14-13(15,16)7-17(8-5-6-8)11(18)9-3-1-2-4-10(9)12(19)20/h1-2,8-10H,3-7H2,(H,19,20). The quantitative estimate of drug-likeness (QED) is 0.808. The second kappa shape index (κ2) is 5.46. The smallest absolute Gasteiger partial charge is 0.406 e. The van der Waals surface area contributed by atoms with Gasteiger partial charge in [0.05, 0.1) is 11.8 Å². The molecule has 1 amide bonds. The minimum Gasteiger partial charge on any atom is -0.481 e. The molecule has 0 bridgehead atoms. The third kappa shape index (κ3) is 3.52. The molecule has 0 spiro atoms. The highest BCUT2D eigenvalue weighted by Gasteiger charge is 2.45. The van der Waals surface area contributed by atoms with E-state index in [0.29, 0.717) is 12.8 Å². The number of aliphatic carboxylic acids is 1. The second-order valence-electron chi connectivity index (χ2n) is 5.31. The third-order valence-electron chi connectivity index (χ3n) is 3.69. The first kappa shape index (κ1) is 14.9. The van der Waals surface area contributed by atoms with E-state index in [9.17, 15) is 22.8 Å². The molecule has 0 aromatic heterocycles. The van der Waals surface area contributed by atoms with E-state index in [2.05, 4.69) is 0 Å². The van der Waals surface area contributed by atoms with Crippen molar-refractivity contribution < 1.29 is 27.9 Å². The first-order chi connectivity index (χ1) is 9.29. The van der Waals surface area contributed by atoms with Gasteiger partial charge in [-0.2, -0.15) is 13.2 Å². The molecule has 0 heterocycles. The molecule has 0 aliphatic heterocycles. The Kier molecular flexibility index (Phi) is 4.06. The number of halogens is 3. The number of rotatable bonds is 4. The van der Waals surface area contributed by atoms with E-state index in [-0.39, 0.29) is 18.9 Å². The molecule has 2 rings (SSSR count). The third-order valence-corrected chi connectivity index (χ3v) is 3.69. The maximum absolute atomic E-state index is 12.6. The Hall–Kier alpha value is -1.53. The summed E-state index contributed by atoms with van der Waals surface area (Å²) in [6.07, 6.45) is 0.368. The van der Waals surface area contributed by atoms with Gasteiger partial charge in [-0.25, -0.2) is 0 Å². The van der Waals surface area contributed by atoms with E-state index in [1.54, 1.807) is 12.2 Å². The summed E-state index contributed by atoms with van der Waals surface area (Å²) in [5, 5.41) is 9.10. The van der Waals surface area contributed by atoms with Crippen LogP contribution >= 0.6 is 0 Å². The predicted octanol–water partition coefficient (Wildman–Crippen LogP) is 2.21. The van der Waals surface area contributed by atoms with Gasteiger partial charge < -0.3 is 10.0 Å². The van der Waals surface area contributed by atoms with Gasteiger partial charge in [-0.15, -0.1) is 0 Å². The molecule has 4 nitrogen and oxygen atoms in total. The summed E-state index contributed by atoms with van der Waals surface area (Å²) < 4.78 is 37.7. The van der Waals surface area contributed by atoms with E-state index in [4.69, 9.17) is 5.11 Å². The van der Waals surface area contributed by atoms with E-state index in [0.717, 1.165) is 4.90 Å². The summed E-state index contributed by atoms with van der Waals surface area (Å²) in [7, 11) is 0. The number of amides is 1. The molecule has 2 aliphatic carbocycles. The maximum Gasteiger partial charge on any atom is 0.406 e. The van der Waals surface area contributed by atoms with Crippen LogP contribution < -0.4 is 0 Å². The Morgan fingerprint density at radius 1 is 1.15 bits per heavy atom. The zero-order valence-electron chi connectivity index (χ0n) is 10.8. The van der Waals surface area contributed by atoms with Crippen LogP contribution in [0.3, 0.4) is 0 Å². The number of carboxylic acid groups (broad SMARTS) is 1. The van der Waals surface area contributed by atoms with Crippen molar-refractivity contribution >= 4 is 11.9 Å². The molecule has 1 fully saturated rings. The Morgan fingerprint density at radius 2 is 1.70 bits per heavy atom. The largest absolute Gasteiger partial charge is 0.481 e. The van der Waals surface area contributed by atoms with Gasteiger partial charge in [0, 0.05) is 6.04 Å². The van der Waals surface area contributed by atoms with Gasteiger partial charge in [0.1, 0.15) is 6.54 Å². The first-order valence-corrected chi connectivity index (χ1v) is 6.54. The number of carbonyl (C=O) groups is 2. The summed E-state index contributed by atoms with van der Waals surface area (Å²) in [6.45, 7) is -1.29. The average molecular weight is 291 g/mol. The fourth-order valence-corrected chi connectivity index (χ4v) is 2.54. The molecular formula is C13H16F3NO3. The van der Waals surface area contributed by atoms with Crippen LogP contribution in [0, 0.1) is 11.8 Å². The van der Waals surface area contributed by atoms with Crippen LogP contribution in [-0.4, -0.2) is 40.6 Å². The van der Waals surface area contributed by atoms with Crippen molar-refractivity contribution in [3.05, 3.63) is 12.2 Å². The summed E-state index contributed by atoms with van der Waals surface area (Å²) in [5.41, 5.74) is 0. The predicted molar refractivity (Wildman–Crippen MR) is 63.8 cm³/mol. The van der Waals surface area contributed by atoms with Crippen LogP contribution in [0.4, 0.5) is 13.2 Å². The summed E-state index contributed by atoms with van der Waals surface area (Å²) >= 11 is 0. The summed E-state index contributed by atoms with van der Waals surface area (Å²) in [4.78, 5) is 24.3. The molecule has 0 radical (unpaired) electrons. The molecular weight excluding hydrogens is 275 g/mol. The SMILES string of the molecule is O=C(O)C1CC=CCC1C(=O)N(CC(F)(F)F)C1CC1. The van der Waals surface area contributed by atoms with Crippen molar-refractivity contribution in [3.8, 4) is 0 Å². The maximum atomic E-state index is 12.6. The highest BCUT2D eigenvalue weighted by Crippen LogP contribution is 2.35. The van der Waals surface area contributed by atoms with Gasteiger partial charge in [0.15, 0.2) is 0 Å². The summed E-state index contributed by atoms with van der Waals surface area (Å²) in [5.74, 6) is -3.63. The van der Waals surface area contributed by atoms with Crippen LogP contribution in [-0.2, 0) is 9.59 Å². The zero-order valence-corrected chi connectivity index (χ0v) is 10.8. The molecule has 2 unspecified atom stereocenters. The van der Waals surface area contributed by atoms with Crippen LogP contribution in [0.15, 0.2) is 12.2 Å². The van der Waals surface area contributed by atoms with Crippen LogP contribution in [0.25, 0.3) is 0 Å². The van der Waals surface area contributed by atoms with Gasteiger partial charge >= 0.3 is 12.1 Å². The topological polar surface area (TPSA) is 57.6 Å². The van der Waals surface area contributed by atoms with Gasteiger partial charge in [-0.3, -0.25) is 9.59 Å². The molecule has 112 valence electrons. The number of hydrogen-bond donors (Lipinski definition) is 1. The van der Waals surface area contributed by atoms with Crippen LogP contribution in [0.2, 0.25) is 0 Å². The highest BCUT2D eigenvalue weighted by atomic mass is 19.4. The number of nitrogens with zero attached hydrogens (tertiary/aromatic N) is 1. The molecule has 0 aromatic rings. The van der Waals surface area contributed by atoms with Crippen molar-refractivity contribution in [2.24, 2.45) is 11.8 Å². The minimum atomic E-state index is -4.46. The fourth-order valence-electron chi connectivity index (χ4n) is 2.54. The number of carboxylic acids is 1. The molecule has 0 saturated heterocycles. The summed E-state index contributed by atoms with van der Waals surface area (Å²) in [6, 6.07) is -0.385. The first-order valence-electron chi connectivity index (χ1n) is 6.54. The lowest BCUT2D eigenvalue weighted by atomic mass is 9.82. The van der Waals surface area contributed by atoms with Crippen LogP contribution in [0.1, 0.15) is 25.7 Å². The lowest BCUT2D eigenvalue weighted by Crippen LogP contribution is -2.46. The molecule has 2 aliphatic rings. The van der Waals surface area contributed by atoms with Crippen molar-refractivity contribution in [3.63, 3.8) is 0 Å². The van der Waals surface area contributed by atoms with Crippen molar-refractivity contribution in [1.82, 2.24) is 4.90 Å². The number of carbonyl (C=O) groups excluding carboxylic acids is 1. The molecule has 7 heteroatoms. The Labute approximate surface area is 114 Å². The highest BCUT2D eigenvalue weighted by molar-refractivity contribution is 5.85. The molecule has 1 N–H and O–H groups in total. The average Bonchev–Trinajstić information content (AvgIpc) is 3.18. The Balaban J connectivity index is 2.14. The molecule has 0 aromatic carbocycles. The lowest BCUT2D eigenvalue weighted by molar-refractivity contribution is -0.168. The van der Waals surface area contributed by atoms with Gasteiger partial charge in [0.25, 0.3) is 0 Å². The zero-order chi connectivity index (χ0) is 14.9. The van der Waals surface area contributed by atoms with Crippen molar-refractivity contribution in [2.75, 3.05) is 6.54 Å². The lowest BCUT2D eigenvalue weighted by Gasteiger charge is -2.31. The molecule has 2 atom stereocenters. The normalized spacial score (nSPS) is 26.4. The van der Waals surface area contributed by atoms with E-state index in [1.165, 1.54) is 0 Å². The molecule has 20 heavy (non-hydrogen) atoms. The van der Waals surface area contributed by atoms with Gasteiger partial charge in [-0.05, 0) is 25.7 Å². The number of allylic oxidation sites excluding steroid dienone is 2. The monoisotopic (exact) mass is 291 g/mol. The number of hydrogen-bond acceptors (Lipinski definition) is 2. The van der Waals surface area contributed by atoms with Gasteiger partial charge in [0.2, 0.25) is 5.91 Å². The van der Waals surface area contributed by atoms with E-state index >= 15 is 0 Å². The van der Waals surface area contributed by atoms with Gasteiger partial charge in [-0.1, -0.05) is 12.2 Å². The van der Waals surface area contributed by atoms with E-state index < -0.39 is 36.4 Å². The second-order valence-corrected chi connectivity index (χ2v) is 5.31. The Bertz CT molecular complexity index is 429. The van der Waals surface area contributed by atoms with E-state index in [1.807, 2.05) is 0 Å². The molecule has 1 saturated carbocycles. The van der Waals surface area contributed by atoms with Crippen LogP contribution in [0.5, 0.6) is 0 Å². The number of alkyl halides is 3. The Morgan fingerprint density at radius 3 is 2.15 bits per heavy atom. The fraction of sp³-hybridized carbons (Fsp3) is 0.692. The van der Waals surface area contributed by atoms with Crippen molar-refractivity contribution in [2.45, 2.75) is 37.9 Å². The van der Waals surface area contributed by atoms with Crippen molar-refractivity contribution in [1.29, 1.82) is 0 Å². The minimum absolute atomic E-state index is 0.191.